The molecule has 0 saturated heterocycles. The molecule has 2 aromatic rings. The molecule has 0 aliphatic carbocycles. The van der Waals surface area contributed by atoms with Crippen molar-refractivity contribution in [3.05, 3.63) is 47.7 Å². The maximum atomic E-state index is 13.2. The van der Waals surface area contributed by atoms with Gasteiger partial charge in [0.15, 0.2) is 5.82 Å². The molecule has 0 fully saturated rings. The zero-order chi connectivity index (χ0) is 22.5. The summed E-state index contributed by atoms with van der Waals surface area (Å²) in [6, 6.07) is 11.6. The summed E-state index contributed by atoms with van der Waals surface area (Å²) < 4.78 is 0. The van der Waals surface area contributed by atoms with Crippen LogP contribution in [-0.2, 0) is 21.4 Å². The van der Waals surface area contributed by atoms with E-state index < -0.39 is 11.6 Å². The minimum Gasteiger partial charge on any atom is -0.345 e. The molecule has 2 N–H and O–H groups in total. The van der Waals surface area contributed by atoms with E-state index in [9.17, 15) is 9.59 Å². The van der Waals surface area contributed by atoms with Crippen LogP contribution in [0.2, 0.25) is 0 Å². The molecule has 1 atom stereocenters. The van der Waals surface area contributed by atoms with Crippen molar-refractivity contribution in [1.82, 2.24) is 15.5 Å². The second-order valence-corrected chi connectivity index (χ2v) is 9.57. The average molecular weight is 413 g/mol. The maximum Gasteiger partial charge on any atom is 0.250 e. The Kier molecular flexibility index (Phi) is 7.45. The van der Waals surface area contributed by atoms with Crippen LogP contribution in [0.5, 0.6) is 0 Å². The molecule has 2 amide bonds. The number of hydrogen-bond acceptors (Lipinski definition) is 3. The number of benzene rings is 1. The molecule has 30 heavy (non-hydrogen) atoms. The van der Waals surface area contributed by atoms with Gasteiger partial charge in [-0.05, 0) is 46.1 Å². The number of amides is 2. The molecular weight excluding hydrogens is 376 g/mol. The summed E-state index contributed by atoms with van der Waals surface area (Å²) in [5, 5.41) is 10.4. The second-order valence-electron chi connectivity index (χ2n) is 9.57. The van der Waals surface area contributed by atoms with Gasteiger partial charge >= 0.3 is 0 Å². The average Bonchev–Trinajstić information content (AvgIpc) is 3.11. The zero-order valence-corrected chi connectivity index (χ0v) is 19.4. The van der Waals surface area contributed by atoms with Crippen LogP contribution in [0.15, 0.2) is 36.4 Å². The van der Waals surface area contributed by atoms with E-state index in [1.807, 2.05) is 52.0 Å². The predicted molar refractivity (Wildman–Crippen MR) is 122 cm³/mol. The van der Waals surface area contributed by atoms with E-state index in [-0.39, 0.29) is 17.2 Å². The number of carbonyl (C=O) groups is 2. The number of rotatable bonds is 8. The van der Waals surface area contributed by atoms with Gasteiger partial charge < -0.3 is 5.32 Å². The third kappa shape index (κ3) is 5.94. The highest BCUT2D eigenvalue weighted by Crippen LogP contribution is 2.31. The molecular formula is C24H36N4O2. The predicted octanol–water partition coefficient (Wildman–Crippen LogP) is 4.37. The van der Waals surface area contributed by atoms with Gasteiger partial charge in [-0.3, -0.25) is 19.6 Å². The Morgan fingerprint density at radius 1 is 1.13 bits per heavy atom. The molecule has 1 aromatic carbocycles. The van der Waals surface area contributed by atoms with Gasteiger partial charge in [-0.25, -0.2) is 0 Å². The summed E-state index contributed by atoms with van der Waals surface area (Å²) >= 11 is 0. The fourth-order valence-electron chi connectivity index (χ4n) is 3.56. The van der Waals surface area contributed by atoms with Gasteiger partial charge in [0, 0.05) is 29.1 Å². The highest BCUT2D eigenvalue weighted by Gasteiger charge is 2.34. The first-order valence-corrected chi connectivity index (χ1v) is 10.7. The first-order valence-electron chi connectivity index (χ1n) is 10.7. The molecule has 0 spiro atoms. The lowest BCUT2D eigenvalue weighted by atomic mass is 9.82. The Bertz CT molecular complexity index is 850. The highest BCUT2D eigenvalue weighted by atomic mass is 16.2. The van der Waals surface area contributed by atoms with Crippen LogP contribution in [0.1, 0.15) is 72.6 Å². The van der Waals surface area contributed by atoms with Gasteiger partial charge in [-0.15, -0.1) is 0 Å². The number of nitrogens with one attached hydrogen (secondary N) is 2. The molecule has 0 bridgehead atoms. The molecule has 164 valence electrons. The summed E-state index contributed by atoms with van der Waals surface area (Å²) in [7, 11) is 0. The number of aromatic amines is 1. The number of nitrogens with zero attached hydrogens (tertiary/aromatic N) is 2. The van der Waals surface area contributed by atoms with Crippen LogP contribution in [-0.4, -0.2) is 33.6 Å². The lowest BCUT2D eigenvalue weighted by molar-refractivity contribution is -0.127. The van der Waals surface area contributed by atoms with Gasteiger partial charge in [-0.1, -0.05) is 51.1 Å². The quantitative estimate of drug-likeness (QED) is 0.676. The van der Waals surface area contributed by atoms with E-state index in [1.54, 1.807) is 11.8 Å². The van der Waals surface area contributed by atoms with Crippen LogP contribution in [0.25, 0.3) is 0 Å². The largest absolute Gasteiger partial charge is 0.345 e. The van der Waals surface area contributed by atoms with Crippen LogP contribution < -0.4 is 10.2 Å². The summed E-state index contributed by atoms with van der Waals surface area (Å²) in [6.07, 6.45) is 2.00. The Morgan fingerprint density at radius 3 is 2.33 bits per heavy atom. The molecule has 0 radical (unpaired) electrons. The lowest BCUT2D eigenvalue weighted by Crippen LogP contribution is -2.54. The van der Waals surface area contributed by atoms with Gasteiger partial charge in [0.2, 0.25) is 5.91 Å². The van der Waals surface area contributed by atoms with E-state index in [1.165, 1.54) is 5.56 Å². The van der Waals surface area contributed by atoms with E-state index in [4.69, 9.17) is 0 Å². The SMILES string of the molecule is CCCC(=O)NC(C)C(=O)N(c1cc(C(C)(C)Cc2ccccc2)[nH]n1)C(C)(C)C. The molecule has 6 heteroatoms. The minimum atomic E-state index is -0.624. The minimum absolute atomic E-state index is 0.112. The van der Waals surface area contributed by atoms with E-state index in [0.717, 1.165) is 18.5 Å². The van der Waals surface area contributed by atoms with Crippen molar-refractivity contribution < 1.29 is 9.59 Å². The van der Waals surface area contributed by atoms with E-state index in [2.05, 4.69) is 41.5 Å². The van der Waals surface area contributed by atoms with Crippen LogP contribution >= 0.6 is 0 Å². The van der Waals surface area contributed by atoms with Crippen molar-refractivity contribution >= 4 is 17.6 Å². The van der Waals surface area contributed by atoms with Crippen molar-refractivity contribution in [2.75, 3.05) is 4.90 Å². The Labute approximate surface area is 180 Å². The number of hydrogen-bond donors (Lipinski definition) is 2. The summed E-state index contributed by atoms with van der Waals surface area (Å²) in [6.45, 7) is 13.9. The van der Waals surface area contributed by atoms with Gasteiger partial charge in [0.1, 0.15) is 6.04 Å². The van der Waals surface area contributed by atoms with Gasteiger partial charge in [-0.2, -0.15) is 5.10 Å². The maximum absolute atomic E-state index is 13.2. The van der Waals surface area contributed by atoms with Crippen molar-refractivity contribution in [3.63, 3.8) is 0 Å². The molecule has 0 saturated carbocycles. The topological polar surface area (TPSA) is 78.1 Å². The molecule has 1 heterocycles. The molecule has 1 unspecified atom stereocenters. The standard InChI is InChI=1S/C24H36N4O2/c1-8-12-21(29)25-17(2)22(30)28(23(3,4)5)20-15-19(26-27-20)24(6,7)16-18-13-10-9-11-14-18/h9-11,13-15,17H,8,12,16H2,1-7H3,(H,25,29)(H,26,27). The first-order chi connectivity index (χ1) is 14.0. The lowest BCUT2D eigenvalue weighted by Gasteiger charge is -2.35. The third-order valence-electron chi connectivity index (χ3n) is 5.13. The monoisotopic (exact) mass is 412 g/mol. The highest BCUT2D eigenvalue weighted by molar-refractivity contribution is 5.99. The summed E-state index contributed by atoms with van der Waals surface area (Å²) in [5.74, 6) is 0.282. The molecule has 0 aliphatic rings. The van der Waals surface area contributed by atoms with Gasteiger partial charge in [0.05, 0.1) is 0 Å². The van der Waals surface area contributed by atoms with Crippen molar-refractivity contribution in [2.45, 2.75) is 84.7 Å². The van der Waals surface area contributed by atoms with Crippen LogP contribution in [0.4, 0.5) is 5.82 Å². The van der Waals surface area contributed by atoms with Crippen LogP contribution in [0.3, 0.4) is 0 Å². The second kappa shape index (κ2) is 9.45. The Hall–Kier alpha value is -2.63. The van der Waals surface area contributed by atoms with E-state index >= 15 is 0 Å². The fraction of sp³-hybridized carbons (Fsp3) is 0.542. The van der Waals surface area contributed by atoms with Crippen molar-refractivity contribution in [1.29, 1.82) is 0 Å². The molecule has 2 rings (SSSR count). The Balaban J connectivity index is 2.26. The van der Waals surface area contributed by atoms with Gasteiger partial charge in [0.25, 0.3) is 5.91 Å². The molecule has 6 nitrogen and oxygen atoms in total. The molecule has 0 aliphatic heterocycles. The van der Waals surface area contributed by atoms with E-state index in [0.29, 0.717) is 12.2 Å². The smallest absolute Gasteiger partial charge is 0.250 e. The first kappa shape index (κ1) is 23.6. The fourth-order valence-corrected chi connectivity index (χ4v) is 3.56. The molecule has 1 aromatic heterocycles. The number of anilines is 1. The van der Waals surface area contributed by atoms with Crippen molar-refractivity contribution in [2.24, 2.45) is 0 Å². The van der Waals surface area contributed by atoms with Crippen molar-refractivity contribution in [3.8, 4) is 0 Å². The number of aromatic nitrogens is 2. The van der Waals surface area contributed by atoms with Crippen LogP contribution in [0, 0.1) is 0 Å². The number of carbonyl (C=O) groups excluding carboxylic acids is 2. The Morgan fingerprint density at radius 2 is 1.77 bits per heavy atom. The normalized spacial score (nSPS) is 13.0. The third-order valence-corrected chi connectivity index (χ3v) is 5.13. The summed E-state index contributed by atoms with van der Waals surface area (Å²) in [5.41, 5.74) is 1.54. The summed E-state index contributed by atoms with van der Waals surface area (Å²) in [4.78, 5) is 26.9. The number of H-pyrrole nitrogens is 1. The zero-order valence-electron chi connectivity index (χ0n) is 19.4.